The number of nitrogen functional groups attached to an aromatic ring is 1. The van der Waals surface area contributed by atoms with Gasteiger partial charge in [-0.2, -0.15) is 0 Å². The maximum absolute atomic E-state index is 5.76. The minimum atomic E-state index is 0. The highest BCUT2D eigenvalue weighted by molar-refractivity contribution is 5.92. The number of hydrogen-bond acceptors (Lipinski definition) is 1. The lowest BCUT2D eigenvalue weighted by Crippen LogP contribution is -1.84. The number of rotatable bonds is 0. The van der Waals surface area contributed by atoms with Gasteiger partial charge in [-0.05, 0) is 11.5 Å². The van der Waals surface area contributed by atoms with E-state index in [1.54, 1.807) is 0 Å². The third-order valence-corrected chi connectivity index (χ3v) is 1.82. The van der Waals surface area contributed by atoms with E-state index in [0.29, 0.717) is 0 Å². The summed E-state index contributed by atoms with van der Waals surface area (Å²) in [5.41, 5.74) is 6.61. The van der Waals surface area contributed by atoms with Crippen molar-refractivity contribution in [3.63, 3.8) is 0 Å². The molecule has 0 unspecified atom stereocenters. The summed E-state index contributed by atoms with van der Waals surface area (Å²) in [4.78, 5) is 0. The van der Waals surface area contributed by atoms with E-state index >= 15 is 0 Å². The Hall–Kier alpha value is -1.50. The molecular formula is C10H11N. The third kappa shape index (κ3) is 0.944. The molecule has 0 radical (unpaired) electrons. The molecule has 0 heterocycles. The monoisotopic (exact) mass is 145 g/mol. The van der Waals surface area contributed by atoms with E-state index in [1.165, 1.54) is 5.39 Å². The molecule has 11 heavy (non-hydrogen) atoms. The molecule has 1 nitrogen and oxygen atoms in total. The van der Waals surface area contributed by atoms with Gasteiger partial charge in [0, 0.05) is 12.5 Å². The van der Waals surface area contributed by atoms with Crippen LogP contribution in [0.2, 0.25) is 0 Å². The van der Waals surface area contributed by atoms with Gasteiger partial charge in [-0.15, -0.1) is 0 Å². The molecule has 2 N–H and O–H groups in total. The maximum atomic E-state index is 5.76. The van der Waals surface area contributed by atoms with E-state index in [-0.39, 0.29) is 1.43 Å². The van der Waals surface area contributed by atoms with Crippen LogP contribution in [0.4, 0.5) is 5.69 Å². The zero-order valence-electron chi connectivity index (χ0n) is 6.12. The number of nitrogens with two attached hydrogens (primary N) is 1. The Kier molecular flexibility index (Phi) is 1.29. The first-order valence-corrected chi connectivity index (χ1v) is 3.61. The molecule has 0 bridgehead atoms. The second-order valence-corrected chi connectivity index (χ2v) is 2.57. The highest BCUT2D eigenvalue weighted by Crippen LogP contribution is 2.19. The van der Waals surface area contributed by atoms with Gasteiger partial charge in [0.25, 0.3) is 0 Å². The number of benzene rings is 2. The fourth-order valence-electron chi connectivity index (χ4n) is 1.25. The second-order valence-electron chi connectivity index (χ2n) is 2.57. The Bertz CT molecular complexity index is 379. The van der Waals surface area contributed by atoms with Gasteiger partial charge in [-0.25, -0.2) is 0 Å². The molecule has 0 amide bonds. The summed E-state index contributed by atoms with van der Waals surface area (Å²) >= 11 is 0. The highest BCUT2D eigenvalue weighted by Gasteiger charge is 1.92. The summed E-state index contributed by atoms with van der Waals surface area (Å²) in [6.45, 7) is 0. The molecule has 0 atom stereocenters. The van der Waals surface area contributed by atoms with E-state index in [0.717, 1.165) is 11.1 Å². The first kappa shape index (κ1) is 6.23. The van der Waals surface area contributed by atoms with E-state index in [9.17, 15) is 0 Å². The summed E-state index contributed by atoms with van der Waals surface area (Å²) in [6, 6.07) is 14.1. The van der Waals surface area contributed by atoms with Crippen LogP contribution in [0, 0.1) is 0 Å². The van der Waals surface area contributed by atoms with Crippen molar-refractivity contribution in [1.82, 2.24) is 0 Å². The van der Waals surface area contributed by atoms with Crippen LogP contribution in [0.5, 0.6) is 0 Å². The average molecular weight is 145 g/mol. The first-order valence-electron chi connectivity index (χ1n) is 3.61. The number of hydrogen-bond donors (Lipinski definition) is 1. The summed E-state index contributed by atoms with van der Waals surface area (Å²) in [5, 5.41) is 2.34. The Morgan fingerprint density at radius 3 is 2.45 bits per heavy atom. The Balaban J connectivity index is 0.000000720. The molecule has 0 aliphatic carbocycles. The van der Waals surface area contributed by atoms with Crippen LogP contribution in [0.15, 0.2) is 42.5 Å². The van der Waals surface area contributed by atoms with Crippen LogP contribution >= 0.6 is 0 Å². The van der Waals surface area contributed by atoms with Gasteiger partial charge in [0.05, 0.1) is 0 Å². The molecule has 2 aromatic carbocycles. The quantitative estimate of drug-likeness (QED) is 0.567. The van der Waals surface area contributed by atoms with Gasteiger partial charge in [0.2, 0.25) is 0 Å². The minimum absolute atomic E-state index is 0. The van der Waals surface area contributed by atoms with Crippen LogP contribution in [-0.2, 0) is 0 Å². The van der Waals surface area contributed by atoms with Crippen LogP contribution < -0.4 is 5.73 Å². The van der Waals surface area contributed by atoms with E-state index in [1.807, 2.05) is 30.3 Å². The lowest BCUT2D eigenvalue weighted by atomic mass is 10.1. The SMILES string of the molecule is Nc1cccc2ccccc12.[HH]. The average Bonchev–Trinajstić information content (AvgIpc) is 2.06. The van der Waals surface area contributed by atoms with E-state index < -0.39 is 0 Å². The molecule has 1 heteroatoms. The molecular weight excluding hydrogens is 134 g/mol. The van der Waals surface area contributed by atoms with Crippen LogP contribution in [0.3, 0.4) is 0 Å². The normalized spacial score (nSPS) is 10.2. The summed E-state index contributed by atoms with van der Waals surface area (Å²) in [6.07, 6.45) is 0. The zero-order valence-corrected chi connectivity index (χ0v) is 6.12. The van der Waals surface area contributed by atoms with Gasteiger partial charge in [-0.1, -0.05) is 36.4 Å². The number of anilines is 1. The van der Waals surface area contributed by atoms with Crippen LogP contribution in [-0.4, -0.2) is 0 Å². The lowest BCUT2D eigenvalue weighted by molar-refractivity contribution is 1.73. The van der Waals surface area contributed by atoms with Crippen LogP contribution in [0.1, 0.15) is 1.43 Å². The predicted molar refractivity (Wildman–Crippen MR) is 50.5 cm³/mol. The van der Waals surface area contributed by atoms with Gasteiger partial charge >= 0.3 is 0 Å². The molecule has 2 aromatic rings. The maximum Gasteiger partial charge on any atom is 0.0393 e. The van der Waals surface area contributed by atoms with Crippen molar-refractivity contribution < 1.29 is 1.43 Å². The van der Waals surface area contributed by atoms with Gasteiger partial charge in [0.1, 0.15) is 0 Å². The van der Waals surface area contributed by atoms with Crippen molar-refractivity contribution in [2.75, 3.05) is 5.73 Å². The first-order chi connectivity index (χ1) is 5.38. The molecule has 0 fully saturated rings. The van der Waals surface area contributed by atoms with Crippen molar-refractivity contribution >= 4 is 16.5 Å². The molecule has 2 rings (SSSR count). The minimum Gasteiger partial charge on any atom is -0.398 e. The fraction of sp³-hybridized carbons (Fsp3) is 0. The van der Waals surface area contributed by atoms with Gasteiger partial charge in [-0.3, -0.25) is 0 Å². The van der Waals surface area contributed by atoms with Crippen molar-refractivity contribution in [3.8, 4) is 0 Å². The van der Waals surface area contributed by atoms with Crippen LogP contribution in [0.25, 0.3) is 10.8 Å². The Labute approximate surface area is 66.9 Å². The summed E-state index contributed by atoms with van der Waals surface area (Å²) in [5.74, 6) is 0. The Morgan fingerprint density at radius 1 is 0.909 bits per heavy atom. The van der Waals surface area contributed by atoms with E-state index in [2.05, 4.69) is 12.1 Å². The summed E-state index contributed by atoms with van der Waals surface area (Å²) in [7, 11) is 0. The van der Waals surface area contributed by atoms with Crippen molar-refractivity contribution in [1.29, 1.82) is 0 Å². The molecule has 0 aliphatic rings. The Morgan fingerprint density at radius 2 is 1.64 bits per heavy atom. The van der Waals surface area contributed by atoms with Crippen molar-refractivity contribution in [2.24, 2.45) is 0 Å². The van der Waals surface area contributed by atoms with Gasteiger partial charge < -0.3 is 5.73 Å². The number of fused-ring (bicyclic) bond motifs is 1. The molecule has 0 saturated carbocycles. The molecule has 0 aromatic heterocycles. The predicted octanol–water partition coefficient (Wildman–Crippen LogP) is 2.67. The molecule has 56 valence electrons. The van der Waals surface area contributed by atoms with Gasteiger partial charge in [0.15, 0.2) is 0 Å². The molecule has 0 saturated heterocycles. The topological polar surface area (TPSA) is 26.0 Å². The third-order valence-electron chi connectivity index (χ3n) is 1.82. The smallest absolute Gasteiger partial charge is 0.0393 e. The second kappa shape index (κ2) is 2.27. The fourth-order valence-corrected chi connectivity index (χ4v) is 1.25. The zero-order chi connectivity index (χ0) is 7.68. The van der Waals surface area contributed by atoms with Crippen molar-refractivity contribution in [3.05, 3.63) is 42.5 Å². The highest BCUT2D eigenvalue weighted by atomic mass is 14.5. The van der Waals surface area contributed by atoms with Crippen molar-refractivity contribution in [2.45, 2.75) is 0 Å². The largest absolute Gasteiger partial charge is 0.398 e. The standard InChI is InChI=1S/C10H9N.H2/c11-10-7-3-5-8-4-1-2-6-9(8)10;/h1-7H,11H2;1H. The molecule has 0 aliphatic heterocycles. The summed E-state index contributed by atoms with van der Waals surface area (Å²) < 4.78 is 0. The van der Waals surface area contributed by atoms with E-state index in [4.69, 9.17) is 5.73 Å². The lowest BCUT2D eigenvalue weighted by Gasteiger charge is -1.98. The molecule has 0 spiro atoms.